The van der Waals surface area contributed by atoms with E-state index in [1.165, 1.54) is 0 Å². The Kier molecular flexibility index (Phi) is 13.4. The molecule has 176 valence electrons. The lowest BCUT2D eigenvalue weighted by Gasteiger charge is -2.21. The van der Waals surface area contributed by atoms with Crippen molar-refractivity contribution >= 4 is 17.8 Å². The second-order valence-electron chi connectivity index (χ2n) is 7.75. The number of carbonyl (C=O) groups is 3. The molecule has 0 radical (unpaired) electrons. The van der Waals surface area contributed by atoms with Crippen LogP contribution >= 0.6 is 0 Å². The Bertz CT molecular complexity index is 735. The van der Waals surface area contributed by atoms with Gasteiger partial charge in [-0.3, -0.25) is 14.4 Å². The van der Waals surface area contributed by atoms with Crippen LogP contribution in [0.1, 0.15) is 57.1 Å². The van der Waals surface area contributed by atoms with E-state index >= 15 is 0 Å². The van der Waals surface area contributed by atoms with Crippen LogP contribution in [0.5, 0.6) is 0 Å². The van der Waals surface area contributed by atoms with Gasteiger partial charge in [-0.05, 0) is 38.2 Å². The second kappa shape index (κ2) is 15.8. The number of allylic oxidation sites excluding steroid dienone is 2. The molecule has 3 unspecified atom stereocenters. The van der Waals surface area contributed by atoms with Crippen LogP contribution in [0.4, 0.5) is 0 Å². The Balaban J connectivity index is 2.73. The number of esters is 1. The lowest BCUT2D eigenvalue weighted by atomic mass is 9.99. The van der Waals surface area contributed by atoms with Crippen LogP contribution in [-0.4, -0.2) is 42.1 Å². The molecule has 0 heterocycles. The fourth-order valence-corrected chi connectivity index (χ4v) is 3.10. The number of hydrogen-bond donors (Lipinski definition) is 3. The molecule has 0 fully saturated rings. The highest BCUT2D eigenvalue weighted by molar-refractivity contribution is 5.86. The quantitative estimate of drug-likeness (QED) is 0.206. The molecular weight excluding hydrogens is 408 g/mol. The predicted molar refractivity (Wildman–Crippen MR) is 125 cm³/mol. The fraction of sp³-hybridized carbons (Fsp3) is 0.480. The molecule has 32 heavy (non-hydrogen) atoms. The maximum atomic E-state index is 12.8. The molecule has 0 aliphatic carbocycles. The minimum atomic E-state index is -0.625. The summed E-state index contributed by atoms with van der Waals surface area (Å²) in [5.41, 5.74) is 0.780. The van der Waals surface area contributed by atoms with Crippen molar-refractivity contribution in [1.82, 2.24) is 10.6 Å². The van der Waals surface area contributed by atoms with Gasteiger partial charge in [-0.15, -0.1) is 13.2 Å². The fourth-order valence-electron chi connectivity index (χ4n) is 3.10. The van der Waals surface area contributed by atoms with Crippen LogP contribution in [0.3, 0.4) is 0 Å². The summed E-state index contributed by atoms with van der Waals surface area (Å²) >= 11 is 0. The third kappa shape index (κ3) is 10.9. The lowest BCUT2D eigenvalue weighted by molar-refractivity contribution is -0.150. The summed E-state index contributed by atoms with van der Waals surface area (Å²) < 4.78 is 5.65. The zero-order chi connectivity index (χ0) is 23.8. The van der Waals surface area contributed by atoms with E-state index in [9.17, 15) is 14.4 Å². The minimum Gasteiger partial charge on any atom is -0.456 e. The maximum absolute atomic E-state index is 12.8. The largest absolute Gasteiger partial charge is 0.456 e. The van der Waals surface area contributed by atoms with Gasteiger partial charge in [-0.2, -0.15) is 0 Å². The number of nitrogens with one attached hydrogen (secondary N) is 2. The SMILES string of the molecule is C=CCCCCC(=O)OC(CNC(=O)C(CC=C)CC(=O)NC(C)CO)c1ccccc1. The number of carbonyl (C=O) groups excluding carboxylic acids is 3. The molecule has 3 N–H and O–H groups in total. The number of unbranched alkanes of at least 4 members (excludes halogenated alkanes) is 2. The molecule has 1 aromatic rings. The van der Waals surface area contributed by atoms with E-state index in [1.54, 1.807) is 13.0 Å². The first kappa shape index (κ1) is 27.1. The number of aliphatic hydroxyl groups is 1. The number of amides is 2. The molecular formula is C25H36N2O5. The van der Waals surface area contributed by atoms with E-state index < -0.39 is 12.0 Å². The lowest BCUT2D eigenvalue weighted by Crippen LogP contribution is -2.40. The average molecular weight is 445 g/mol. The van der Waals surface area contributed by atoms with Gasteiger partial charge >= 0.3 is 5.97 Å². The van der Waals surface area contributed by atoms with Crippen molar-refractivity contribution in [1.29, 1.82) is 0 Å². The van der Waals surface area contributed by atoms with Crippen molar-refractivity contribution in [3.05, 3.63) is 61.2 Å². The van der Waals surface area contributed by atoms with Crippen molar-refractivity contribution in [3.8, 4) is 0 Å². The molecule has 3 atom stereocenters. The van der Waals surface area contributed by atoms with E-state index in [0.717, 1.165) is 18.4 Å². The van der Waals surface area contributed by atoms with Crippen LogP contribution in [0.2, 0.25) is 0 Å². The van der Waals surface area contributed by atoms with Crippen LogP contribution < -0.4 is 10.6 Å². The number of aliphatic hydroxyl groups excluding tert-OH is 1. The Hall–Kier alpha value is -2.93. The summed E-state index contributed by atoms with van der Waals surface area (Å²) in [6.07, 6.45) is 5.80. The number of rotatable bonds is 16. The zero-order valence-electron chi connectivity index (χ0n) is 18.9. The Labute approximate surface area is 190 Å². The minimum absolute atomic E-state index is 0.0265. The molecule has 0 spiro atoms. The van der Waals surface area contributed by atoms with E-state index in [0.29, 0.717) is 19.3 Å². The van der Waals surface area contributed by atoms with Crippen molar-refractivity contribution in [2.75, 3.05) is 13.2 Å². The molecule has 1 aromatic carbocycles. The van der Waals surface area contributed by atoms with Gasteiger partial charge in [0.2, 0.25) is 11.8 Å². The van der Waals surface area contributed by atoms with Crippen LogP contribution in [0.15, 0.2) is 55.6 Å². The highest BCUT2D eigenvalue weighted by Gasteiger charge is 2.24. The van der Waals surface area contributed by atoms with E-state index in [1.807, 2.05) is 36.4 Å². The summed E-state index contributed by atoms with van der Waals surface area (Å²) in [5.74, 6) is -1.57. The van der Waals surface area contributed by atoms with Crippen LogP contribution in [0.25, 0.3) is 0 Å². The van der Waals surface area contributed by atoms with Crippen LogP contribution in [-0.2, 0) is 19.1 Å². The van der Waals surface area contributed by atoms with Gasteiger partial charge < -0.3 is 20.5 Å². The van der Waals surface area contributed by atoms with E-state index in [2.05, 4.69) is 23.8 Å². The molecule has 7 heteroatoms. The van der Waals surface area contributed by atoms with Gasteiger partial charge in [0.25, 0.3) is 0 Å². The third-order valence-corrected chi connectivity index (χ3v) is 4.88. The Morgan fingerprint density at radius 3 is 2.47 bits per heavy atom. The summed E-state index contributed by atoms with van der Waals surface area (Å²) in [7, 11) is 0. The third-order valence-electron chi connectivity index (χ3n) is 4.88. The van der Waals surface area contributed by atoms with Crippen LogP contribution in [0, 0.1) is 5.92 Å². The topological polar surface area (TPSA) is 105 Å². The predicted octanol–water partition coefficient (Wildman–Crippen LogP) is 3.21. The van der Waals surface area contributed by atoms with Crippen molar-refractivity contribution in [2.24, 2.45) is 5.92 Å². The first-order chi connectivity index (χ1) is 15.4. The van der Waals surface area contributed by atoms with E-state index in [-0.39, 0.29) is 43.4 Å². The normalized spacial score (nSPS) is 13.3. The first-order valence-electron chi connectivity index (χ1n) is 11.0. The molecule has 2 amide bonds. The smallest absolute Gasteiger partial charge is 0.306 e. The molecule has 0 saturated heterocycles. The van der Waals surface area contributed by atoms with Gasteiger partial charge in [0, 0.05) is 18.9 Å². The maximum Gasteiger partial charge on any atom is 0.306 e. The molecule has 0 aliphatic rings. The molecule has 0 bridgehead atoms. The number of ether oxygens (including phenoxy) is 1. The summed E-state index contributed by atoms with van der Waals surface area (Å²) in [4.78, 5) is 37.2. The standard InChI is InChI=1S/C25H36N2O5/c1-4-6-7-11-15-24(30)32-22(20-13-9-8-10-14-20)17-26-25(31)21(12-5-2)16-23(29)27-19(3)18-28/h4-5,8-10,13-14,19,21-22,28H,1-2,6-7,11-12,15-18H2,3H3,(H,26,31)(H,27,29). The Morgan fingerprint density at radius 2 is 1.84 bits per heavy atom. The highest BCUT2D eigenvalue weighted by Crippen LogP contribution is 2.19. The molecule has 0 saturated carbocycles. The number of benzene rings is 1. The monoisotopic (exact) mass is 444 g/mol. The van der Waals surface area contributed by atoms with Gasteiger partial charge in [0.05, 0.1) is 19.1 Å². The molecule has 7 nitrogen and oxygen atoms in total. The number of hydrogen-bond acceptors (Lipinski definition) is 5. The molecule has 1 rings (SSSR count). The van der Waals surface area contributed by atoms with E-state index in [4.69, 9.17) is 9.84 Å². The molecule has 0 aromatic heterocycles. The van der Waals surface area contributed by atoms with Gasteiger partial charge in [-0.1, -0.05) is 42.5 Å². The zero-order valence-corrected chi connectivity index (χ0v) is 18.9. The molecule has 0 aliphatic heterocycles. The highest BCUT2D eigenvalue weighted by atomic mass is 16.5. The first-order valence-corrected chi connectivity index (χ1v) is 11.0. The average Bonchev–Trinajstić information content (AvgIpc) is 2.79. The van der Waals surface area contributed by atoms with Crippen molar-refractivity contribution < 1.29 is 24.2 Å². The van der Waals surface area contributed by atoms with Crippen molar-refractivity contribution in [3.63, 3.8) is 0 Å². The van der Waals surface area contributed by atoms with Gasteiger partial charge in [-0.25, -0.2) is 0 Å². The summed E-state index contributed by atoms with van der Waals surface area (Å²) in [5, 5.41) is 14.5. The summed E-state index contributed by atoms with van der Waals surface area (Å²) in [6, 6.07) is 8.84. The van der Waals surface area contributed by atoms with Gasteiger partial charge in [0.15, 0.2) is 0 Å². The van der Waals surface area contributed by atoms with Crippen molar-refractivity contribution in [2.45, 2.75) is 57.6 Å². The second-order valence-corrected chi connectivity index (χ2v) is 7.75. The Morgan fingerprint density at radius 1 is 1.12 bits per heavy atom. The van der Waals surface area contributed by atoms with Gasteiger partial charge in [0.1, 0.15) is 6.10 Å². The summed E-state index contributed by atoms with van der Waals surface area (Å²) in [6.45, 7) is 8.93.